The first-order valence-electron chi connectivity index (χ1n) is 16.8. The number of rotatable bonds is 3. The summed E-state index contributed by atoms with van der Waals surface area (Å²) in [5.74, 6) is 0. The minimum Gasteiger partial charge on any atom is -0.309 e. The van der Waals surface area contributed by atoms with Crippen LogP contribution in [0.4, 0.5) is 5.69 Å². The fourth-order valence-electron chi connectivity index (χ4n) is 8.54. The fourth-order valence-corrected chi connectivity index (χ4v) is 8.54. The maximum atomic E-state index is 7.77. The molecule has 230 valence electrons. The molecule has 9 aromatic rings. The number of para-hydroxylation sites is 2. The monoisotopic (exact) mass is 625 g/mol. The first kappa shape index (κ1) is 27.7. The molecular weight excluding hydrogens is 595 g/mol. The Balaban J connectivity index is 1.21. The molecule has 0 aliphatic heterocycles. The molecule has 2 aromatic heterocycles. The zero-order valence-electron chi connectivity index (χ0n) is 27.3. The largest absolute Gasteiger partial charge is 0.309 e. The highest BCUT2D eigenvalue weighted by molar-refractivity contribution is 6.14. The third-order valence-electron chi connectivity index (χ3n) is 10.7. The van der Waals surface area contributed by atoms with Crippen molar-refractivity contribution in [3.63, 3.8) is 0 Å². The van der Waals surface area contributed by atoms with E-state index in [9.17, 15) is 0 Å². The molecule has 10 rings (SSSR count). The summed E-state index contributed by atoms with van der Waals surface area (Å²) in [5.41, 5.74) is 15.1. The van der Waals surface area contributed by atoms with Crippen LogP contribution in [0.2, 0.25) is 0 Å². The van der Waals surface area contributed by atoms with E-state index in [1.54, 1.807) is 0 Å². The quantitative estimate of drug-likeness (QED) is 0.174. The van der Waals surface area contributed by atoms with Crippen LogP contribution in [0.5, 0.6) is 0 Å². The minimum atomic E-state index is -0.186. The van der Waals surface area contributed by atoms with Crippen molar-refractivity contribution < 1.29 is 0 Å². The van der Waals surface area contributed by atoms with Crippen molar-refractivity contribution in [2.75, 3.05) is 0 Å². The molecule has 0 fully saturated rings. The van der Waals surface area contributed by atoms with Gasteiger partial charge >= 0.3 is 0 Å². The van der Waals surface area contributed by atoms with E-state index in [-0.39, 0.29) is 5.41 Å². The lowest BCUT2D eigenvalue weighted by Crippen LogP contribution is -2.16. The molecule has 0 saturated heterocycles. The predicted molar refractivity (Wildman–Crippen MR) is 204 cm³/mol. The molecule has 49 heavy (non-hydrogen) atoms. The van der Waals surface area contributed by atoms with Gasteiger partial charge in [0.2, 0.25) is 0 Å². The summed E-state index contributed by atoms with van der Waals surface area (Å²) >= 11 is 0. The van der Waals surface area contributed by atoms with Gasteiger partial charge in [-0.05, 0) is 87.3 Å². The first-order valence-corrected chi connectivity index (χ1v) is 16.8. The molecule has 0 unspecified atom stereocenters. The van der Waals surface area contributed by atoms with E-state index in [0.717, 1.165) is 33.4 Å². The third kappa shape index (κ3) is 3.83. The molecule has 7 aromatic carbocycles. The van der Waals surface area contributed by atoms with Crippen LogP contribution < -0.4 is 0 Å². The number of aromatic nitrogens is 2. The van der Waals surface area contributed by atoms with Crippen LogP contribution in [-0.4, -0.2) is 9.13 Å². The summed E-state index contributed by atoms with van der Waals surface area (Å²) in [6.45, 7) is 12.5. The van der Waals surface area contributed by atoms with Gasteiger partial charge < -0.3 is 9.13 Å². The zero-order chi connectivity index (χ0) is 32.9. The van der Waals surface area contributed by atoms with Crippen molar-refractivity contribution in [2.24, 2.45) is 0 Å². The maximum absolute atomic E-state index is 7.77. The number of fused-ring (bicyclic) bond motifs is 10. The highest BCUT2D eigenvalue weighted by Crippen LogP contribution is 2.53. The van der Waals surface area contributed by atoms with Gasteiger partial charge in [0.1, 0.15) is 0 Å². The Hall–Kier alpha value is -6.37. The van der Waals surface area contributed by atoms with Gasteiger partial charge in [-0.1, -0.05) is 117 Å². The summed E-state index contributed by atoms with van der Waals surface area (Å²) < 4.78 is 4.81. The van der Waals surface area contributed by atoms with Gasteiger partial charge in [0.05, 0.1) is 28.6 Å². The normalized spacial score (nSPS) is 13.2. The Morgan fingerprint density at radius 1 is 0.490 bits per heavy atom. The lowest BCUT2D eigenvalue weighted by molar-refractivity contribution is 0.664. The van der Waals surface area contributed by atoms with Crippen LogP contribution in [0, 0.1) is 6.57 Å². The number of nitrogens with zero attached hydrogens (tertiary/aromatic N) is 3. The Labute approximate surface area is 284 Å². The first-order chi connectivity index (χ1) is 24.0. The molecule has 2 heterocycles. The standard InChI is InChI=1S/C46H31N3/c1-46(2)40-19-7-4-16-34(40)37-23-24-38-39-28-31(47-3)22-25-43(39)49(45(38)44(37)46)33-15-11-13-30(27-33)29-12-10-14-32(26-29)48-41-20-8-5-17-35(41)36-18-6-9-21-42(36)48/h4-28H,1-2H3. The van der Waals surface area contributed by atoms with Crippen LogP contribution in [0.3, 0.4) is 0 Å². The van der Waals surface area contributed by atoms with Gasteiger partial charge in [0.15, 0.2) is 5.69 Å². The van der Waals surface area contributed by atoms with Crippen LogP contribution in [0.1, 0.15) is 25.0 Å². The van der Waals surface area contributed by atoms with Gasteiger partial charge in [0.25, 0.3) is 0 Å². The van der Waals surface area contributed by atoms with E-state index in [4.69, 9.17) is 6.57 Å². The predicted octanol–water partition coefficient (Wildman–Crippen LogP) is 12.4. The fraction of sp³-hybridized carbons (Fsp3) is 0.0652. The van der Waals surface area contributed by atoms with Crippen molar-refractivity contribution in [1.29, 1.82) is 0 Å². The molecule has 0 atom stereocenters. The summed E-state index contributed by atoms with van der Waals surface area (Å²) in [6.07, 6.45) is 0. The number of hydrogen-bond acceptors (Lipinski definition) is 0. The number of benzene rings is 7. The molecule has 0 saturated carbocycles. The van der Waals surface area contributed by atoms with Crippen LogP contribution in [-0.2, 0) is 5.41 Å². The second-order valence-corrected chi connectivity index (χ2v) is 13.7. The lowest BCUT2D eigenvalue weighted by atomic mass is 9.81. The smallest absolute Gasteiger partial charge is 0.188 e. The van der Waals surface area contributed by atoms with E-state index >= 15 is 0 Å². The van der Waals surface area contributed by atoms with Crippen molar-refractivity contribution in [3.8, 4) is 33.6 Å². The average molecular weight is 626 g/mol. The maximum Gasteiger partial charge on any atom is 0.188 e. The van der Waals surface area contributed by atoms with Crippen LogP contribution >= 0.6 is 0 Å². The summed E-state index contributed by atoms with van der Waals surface area (Å²) in [5, 5.41) is 4.81. The van der Waals surface area contributed by atoms with E-state index in [1.807, 2.05) is 6.07 Å². The topological polar surface area (TPSA) is 14.2 Å². The summed E-state index contributed by atoms with van der Waals surface area (Å²) in [6, 6.07) is 54.6. The Morgan fingerprint density at radius 2 is 1.10 bits per heavy atom. The molecular formula is C46H31N3. The van der Waals surface area contributed by atoms with Gasteiger partial charge in [-0.3, -0.25) is 0 Å². The van der Waals surface area contributed by atoms with E-state index in [1.165, 1.54) is 55.0 Å². The Bertz CT molecular complexity index is 2820. The molecule has 0 N–H and O–H groups in total. The van der Waals surface area contributed by atoms with Crippen molar-refractivity contribution in [1.82, 2.24) is 9.13 Å². The second-order valence-electron chi connectivity index (χ2n) is 13.7. The van der Waals surface area contributed by atoms with Crippen LogP contribution in [0.25, 0.3) is 82.1 Å². The molecule has 3 nitrogen and oxygen atoms in total. The molecule has 3 heteroatoms. The molecule has 0 spiro atoms. The average Bonchev–Trinajstić information content (AvgIpc) is 3.75. The molecule has 1 aliphatic rings. The summed E-state index contributed by atoms with van der Waals surface area (Å²) in [4.78, 5) is 3.80. The SMILES string of the molecule is [C-]#[N+]c1ccc2c(c1)c1ccc3c(c1n2-c1cccc(-c2cccc(-n4c5ccccc5c5ccccc54)c2)c1)C(C)(C)c1ccccc1-3. The highest BCUT2D eigenvalue weighted by atomic mass is 15.0. The minimum absolute atomic E-state index is 0.186. The Kier molecular flexibility index (Phi) is 5.69. The van der Waals surface area contributed by atoms with E-state index in [0.29, 0.717) is 5.69 Å². The second kappa shape index (κ2) is 10.1. The van der Waals surface area contributed by atoms with Crippen LogP contribution in [0.15, 0.2) is 152 Å². The molecule has 1 aliphatic carbocycles. The van der Waals surface area contributed by atoms with Crippen molar-refractivity contribution in [3.05, 3.63) is 174 Å². The lowest BCUT2D eigenvalue weighted by Gasteiger charge is -2.23. The third-order valence-corrected chi connectivity index (χ3v) is 10.7. The highest BCUT2D eigenvalue weighted by Gasteiger charge is 2.38. The van der Waals surface area contributed by atoms with Gasteiger partial charge in [-0.2, -0.15) is 0 Å². The van der Waals surface area contributed by atoms with Gasteiger partial charge in [-0.25, -0.2) is 4.85 Å². The zero-order valence-corrected chi connectivity index (χ0v) is 27.3. The van der Waals surface area contributed by atoms with Crippen molar-refractivity contribution >= 4 is 49.3 Å². The van der Waals surface area contributed by atoms with E-state index in [2.05, 4.69) is 173 Å². The molecule has 0 radical (unpaired) electrons. The molecule has 0 amide bonds. The van der Waals surface area contributed by atoms with E-state index < -0.39 is 0 Å². The molecule has 0 bridgehead atoms. The summed E-state index contributed by atoms with van der Waals surface area (Å²) in [7, 11) is 0. The number of hydrogen-bond donors (Lipinski definition) is 0. The van der Waals surface area contributed by atoms with Crippen molar-refractivity contribution in [2.45, 2.75) is 19.3 Å². The Morgan fingerprint density at radius 3 is 1.80 bits per heavy atom. The van der Waals surface area contributed by atoms with Gasteiger partial charge in [0, 0.05) is 32.9 Å². The van der Waals surface area contributed by atoms with Gasteiger partial charge in [-0.15, -0.1) is 0 Å².